The molecular formula is C14H20FN5. The Hall–Kier alpha value is -1.69. The number of aromatic nitrogens is 3. The van der Waals surface area contributed by atoms with Crippen LogP contribution < -0.4 is 5.32 Å². The second-order valence-electron chi connectivity index (χ2n) is 5.58. The highest BCUT2D eigenvalue weighted by Crippen LogP contribution is 2.11. The highest BCUT2D eigenvalue weighted by molar-refractivity contribution is 5.42. The fourth-order valence-electron chi connectivity index (χ4n) is 2.67. The number of pyridine rings is 1. The van der Waals surface area contributed by atoms with E-state index in [1.54, 1.807) is 6.07 Å². The lowest BCUT2D eigenvalue weighted by molar-refractivity contribution is 0.294. The third-order valence-electron chi connectivity index (χ3n) is 3.67. The first-order valence-corrected chi connectivity index (χ1v) is 7.19. The van der Waals surface area contributed by atoms with Crippen molar-refractivity contribution in [3.63, 3.8) is 0 Å². The SMILES string of the molecule is CC(CNc1nc2ccc(F)cn2n1)CN1CCCC1. The average Bonchev–Trinajstić information content (AvgIpc) is 3.04. The number of nitrogens with one attached hydrogen (secondary N) is 1. The van der Waals surface area contributed by atoms with Crippen LogP contribution in [0.5, 0.6) is 0 Å². The molecule has 1 aliphatic rings. The fourth-order valence-corrected chi connectivity index (χ4v) is 2.67. The summed E-state index contributed by atoms with van der Waals surface area (Å²) in [6.45, 7) is 6.60. The smallest absolute Gasteiger partial charge is 0.243 e. The molecule has 2 aromatic heterocycles. The molecule has 0 radical (unpaired) electrons. The molecule has 5 nitrogen and oxygen atoms in total. The van der Waals surface area contributed by atoms with Crippen molar-refractivity contribution in [3.8, 4) is 0 Å². The zero-order valence-electron chi connectivity index (χ0n) is 11.7. The molecule has 1 saturated heterocycles. The van der Waals surface area contributed by atoms with Crippen LogP contribution in [-0.4, -0.2) is 45.7 Å². The predicted molar refractivity (Wildman–Crippen MR) is 76.3 cm³/mol. The molecule has 1 atom stereocenters. The van der Waals surface area contributed by atoms with Crippen LogP contribution in [0.15, 0.2) is 18.3 Å². The number of nitrogens with zero attached hydrogens (tertiary/aromatic N) is 4. The number of hydrogen-bond acceptors (Lipinski definition) is 4. The van der Waals surface area contributed by atoms with Gasteiger partial charge in [0.1, 0.15) is 5.82 Å². The van der Waals surface area contributed by atoms with Crippen molar-refractivity contribution in [1.82, 2.24) is 19.5 Å². The third kappa shape index (κ3) is 3.07. The van der Waals surface area contributed by atoms with E-state index >= 15 is 0 Å². The summed E-state index contributed by atoms with van der Waals surface area (Å²) in [5.41, 5.74) is 0.654. The minimum absolute atomic E-state index is 0.309. The van der Waals surface area contributed by atoms with Crippen molar-refractivity contribution in [2.75, 3.05) is 31.5 Å². The van der Waals surface area contributed by atoms with Gasteiger partial charge in [0.2, 0.25) is 5.95 Å². The van der Waals surface area contributed by atoms with E-state index < -0.39 is 0 Å². The van der Waals surface area contributed by atoms with Crippen LogP contribution in [0, 0.1) is 11.7 Å². The fraction of sp³-hybridized carbons (Fsp3) is 0.571. The van der Waals surface area contributed by atoms with Crippen LogP contribution in [-0.2, 0) is 0 Å². The van der Waals surface area contributed by atoms with Crippen LogP contribution in [0.3, 0.4) is 0 Å². The second-order valence-corrected chi connectivity index (χ2v) is 5.58. The minimum Gasteiger partial charge on any atom is -0.353 e. The average molecular weight is 277 g/mol. The summed E-state index contributed by atoms with van der Waals surface area (Å²) in [5, 5.41) is 7.45. The van der Waals surface area contributed by atoms with Gasteiger partial charge in [-0.3, -0.25) is 0 Å². The van der Waals surface area contributed by atoms with Gasteiger partial charge in [-0.2, -0.15) is 4.98 Å². The Labute approximate surface area is 117 Å². The van der Waals surface area contributed by atoms with E-state index in [1.807, 2.05) is 0 Å². The molecule has 3 rings (SSSR count). The molecule has 0 amide bonds. The standard InChI is InChI=1S/C14H20FN5/c1-11(9-19-6-2-3-7-19)8-16-14-17-13-5-4-12(15)10-20(13)18-14/h4-5,10-11H,2-3,6-9H2,1H3,(H,16,18). The quantitative estimate of drug-likeness (QED) is 0.908. The van der Waals surface area contributed by atoms with Crippen molar-refractivity contribution < 1.29 is 4.39 Å². The van der Waals surface area contributed by atoms with E-state index in [9.17, 15) is 4.39 Å². The molecule has 0 bridgehead atoms. The van der Waals surface area contributed by atoms with Gasteiger partial charge < -0.3 is 10.2 Å². The Balaban J connectivity index is 1.56. The maximum absolute atomic E-state index is 13.1. The second kappa shape index (κ2) is 5.75. The zero-order valence-corrected chi connectivity index (χ0v) is 11.7. The molecule has 0 aromatic carbocycles. The van der Waals surface area contributed by atoms with E-state index in [-0.39, 0.29) is 5.82 Å². The van der Waals surface area contributed by atoms with Gasteiger partial charge in [-0.05, 0) is 44.0 Å². The van der Waals surface area contributed by atoms with Crippen LogP contribution >= 0.6 is 0 Å². The Morgan fingerprint density at radius 3 is 2.95 bits per heavy atom. The topological polar surface area (TPSA) is 45.5 Å². The minimum atomic E-state index is -0.309. The van der Waals surface area contributed by atoms with Crippen LogP contribution in [0.1, 0.15) is 19.8 Å². The van der Waals surface area contributed by atoms with E-state index in [1.165, 1.54) is 42.7 Å². The molecule has 1 fully saturated rings. The van der Waals surface area contributed by atoms with E-state index in [0.717, 1.165) is 13.1 Å². The number of rotatable bonds is 5. The molecule has 0 saturated carbocycles. The summed E-state index contributed by atoms with van der Waals surface area (Å²) in [4.78, 5) is 6.82. The van der Waals surface area contributed by atoms with Gasteiger partial charge in [0.25, 0.3) is 0 Å². The molecule has 2 aromatic rings. The van der Waals surface area contributed by atoms with Gasteiger partial charge in [0, 0.05) is 13.1 Å². The maximum atomic E-state index is 13.1. The number of halogens is 1. The Morgan fingerprint density at radius 2 is 2.15 bits per heavy atom. The van der Waals surface area contributed by atoms with Crippen molar-refractivity contribution in [2.24, 2.45) is 5.92 Å². The largest absolute Gasteiger partial charge is 0.353 e. The summed E-state index contributed by atoms with van der Waals surface area (Å²) in [5.74, 6) is 0.789. The molecule has 108 valence electrons. The maximum Gasteiger partial charge on any atom is 0.243 e. The molecule has 1 unspecified atom stereocenters. The Bertz CT molecular complexity index is 576. The van der Waals surface area contributed by atoms with E-state index in [2.05, 4.69) is 27.2 Å². The normalized spacial score (nSPS) is 17.7. The monoisotopic (exact) mass is 277 g/mol. The molecular weight excluding hydrogens is 257 g/mol. The van der Waals surface area contributed by atoms with E-state index in [4.69, 9.17) is 0 Å². The summed E-state index contributed by atoms with van der Waals surface area (Å²) in [6, 6.07) is 3.02. The molecule has 0 aliphatic carbocycles. The first-order valence-electron chi connectivity index (χ1n) is 7.19. The summed E-state index contributed by atoms with van der Waals surface area (Å²) in [6.07, 6.45) is 3.97. The first kappa shape index (κ1) is 13.3. The molecule has 20 heavy (non-hydrogen) atoms. The highest BCUT2D eigenvalue weighted by Gasteiger charge is 2.15. The van der Waals surface area contributed by atoms with Crippen molar-refractivity contribution >= 4 is 11.6 Å². The van der Waals surface area contributed by atoms with Crippen LogP contribution in [0.25, 0.3) is 5.65 Å². The van der Waals surface area contributed by atoms with Crippen LogP contribution in [0.2, 0.25) is 0 Å². The lowest BCUT2D eigenvalue weighted by Crippen LogP contribution is -2.29. The highest BCUT2D eigenvalue weighted by atomic mass is 19.1. The van der Waals surface area contributed by atoms with Crippen molar-refractivity contribution in [2.45, 2.75) is 19.8 Å². The predicted octanol–water partition coefficient (Wildman–Crippen LogP) is 2.01. The van der Waals surface area contributed by atoms with Gasteiger partial charge in [0.15, 0.2) is 5.65 Å². The Morgan fingerprint density at radius 1 is 1.35 bits per heavy atom. The van der Waals surface area contributed by atoms with Gasteiger partial charge in [-0.25, -0.2) is 8.91 Å². The summed E-state index contributed by atoms with van der Waals surface area (Å²) < 4.78 is 14.5. The number of likely N-dealkylation sites (tertiary alicyclic amines) is 1. The summed E-state index contributed by atoms with van der Waals surface area (Å²) >= 11 is 0. The molecule has 6 heteroatoms. The van der Waals surface area contributed by atoms with Gasteiger partial charge in [0.05, 0.1) is 6.20 Å². The Kier molecular flexibility index (Phi) is 3.82. The lowest BCUT2D eigenvalue weighted by Gasteiger charge is -2.20. The molecule has 0 spiro atoms. The van der Waals surface area contributed by atoms with Gasteiger partial charge in [-0.1, -0.05) is 6.92 Å². The van der Waals surface area contributed by atoms with Crippen LogP contribution in [0.4, 0.5) is 10.3 Å². The third-order valence-corrected chi connectivity index (χ3v) is 3.67. The zero-order chi connectivity index (χ0) is 13.9. The molecule has 1 N–H and O–H groups in total. The first-order chi connectivity index (χ1) is 9.70. The molecule has 3 heterocycles. The number of anilines is 1. The van der Waals surface area contributed by atoms with Crippen molar-refractivity contribution in [3.05, 3.63) is 24.1 Å². The number of fused-ring (bicyclic) bond motifs is 1. The number of hydrogen-bond donors (Lipinski definition) is 1. The molecule has 1 aliphatic heterocycles. The van der Waals surface area contributed by atoms with Gasteiger partial charge in [-0.15, -0.1) is 5.10 Å². The van der Waals surface area contributed by atoms with Crippen molar-refractivity contribution in [1.29, 1.82) is 0 Å². The van der Waals surface area contributed by atoms with Gasteiger partial charge >= 0.3 is 0 Å². The lowest BCUT2D eigenvalue weighted by atomic mass is 10.1. The summed E-state index contributed by atoms with van der Waals surface area (Å²) in [7, 11) is 0. The van der Waals surface area contributed by atoms with E-state index in [0.29, 0.717) is 17.5 Å².